The zero-order chi connectivity index (χ0) is 16.7. The normalized spacial score (nSPS) is 14.9. The fraction of sp³-hybridized carbons (Fsp3) is 0.529. The van der Waals surface area contributed by atoms with Crippen molar-refractivity contribution in [2.75, 3.05) is 18.4 Å². The molecule has 0 spiro atoms. The van der Waals surface area contributed by atoms with E-state index in [4.69, 9.17) is 5.73 Å². The van der Waals surface area contributed by atoms with Crippen LogP contribution in [0.4, 0.5) is 10.5 Å². The molecule has 1 unspecified atom stereocenters. The second-order valence-electron chi connectivity index (χ2n) is 6.06. The molecule has 5 N–H and O–H groups in total. The minimum atomic E-state index is -0.216. The Bertz CT molecular complexity index is 526. The van der Waals surface area contributed by atoms with Gasteiger partial charge in [-0.05, 0) is 42.9 Å². The molecule has 6 heteroatoms. The molecule has 0 heterocycles. The van der Waals surface area contributed by atoms with Gasteiger partial charge in [0, 0.05) is 24.8 Å². The number of nitrogens with two attached hydrogens (primary N) is 1. The summed E-state index contributed by atoms with van der Waals surface area (Å²) in [6.07, 6.45) is 3.57. The molecule has 1 aromatic carbocycles. The molecule has 0 saturated heterocycles. The van der Waals surface area contributed by atoms with E-state index in [1.807, 2.05) is 19.1 Å². The minimum Gasteiger partial charge on any atom is -0.354 e. The molecule has 1 aliphatic rings. The van der Waals surface area contributed by atoms with Crippen molar-refractivity contribution in [3.63, 3.8) is 0 Å². The van der Waals surface area contributed by atoms with Crippen LogP contribution >= 0.6 is 0 Å². The van der Waals surface area contributed by atoms with Gasteiger partial charge in [-0.15, -0.1) is 0 Å². The predicted molar refractivity (Wildman–Crippen MR) is 91.2 cm³/mol. The molecule has 2 rings (SSSR count). The van der Waals surface area contributed by atoms with Gasteiger partial charge >= 0.3 is 6.03 Å². The van der Waals surface area contributed by atoms with E-state index < -0.39 is 0 Å². The lowest BCUT2D eigenvalue weighted by Gasteiger charge is -2.12. The van der Waals surface area contributed by atoms with Crippen LogP contribution in [0.2, 0.25) is 0 Å². The summed E-state index contributed by atoms with van der Waals surface area (Å²) in [6.45, 7) is 3.19. The fourth-order valence-electron chi connectivity index (χ4n) is 2.29. The Hall–Kier alpha value is -2.08. The molecule has 1 aromatic rings. The van der Waals surface area contributed by atoms with Crippen LogP contribution in [0.25, 0.3) is 0 Å². The lowest BCUT2D eigenvalue weighted by molar-refractivity contribution is -0.120. The monoisotopic (exact) mass is 318 g/mol. The van der Waals surface area contributed by atoms with Crippen molar-refractivity contribution in [3.05, 3.63) is 29.8 Å². The van der Waals surface area contributed by atoms with Crippen LogP contribution in [0.15, 0.2) is 24.3 Å². The summed E-state index contributed by atoms with van der Waals surface area (Å²) in [5.74, 6) is 0.557. The number of benzene rings is 1. The molecule has 6 nitrogen and oxygen atoms in total. The highest BCUT2D eigenvalue weighted by Crippen LogP contribution is 2.31. The third kappa shape index (κ3) is 6.28. The Morgan fingerprint density at radius 2 is 1.91 bits per heavy atom. The van der Waals surface area contributed by atoms with Crippen molar-refractivity contribution in [3.8, 4) is 0 Å². The number of hydrogen-bond acceptors (Lipinski definition) is 3. The van der Waals surface area contributed by atoms with Gasteiger partial charge in [0.2, 0.25) is 5.91 Å². The second-order valence-corrected chi connectivity index (χ2v) is 6.06. The summed E-state index contributed by atoms with van der Waals surface area (Å²) < 4.78 is 0. The zero-order valence-electron chi connectivity index (χ0n) is 13.6. The third-order valence-electron chi connectivity index (χ3n) is 3.87. The number of urea groups is 1. The maximum absolute atomic E-state index is 11.9. The number of hydrogen-bond donors (Lipinski definition) is 4. The first kappa shape index (κ1) is 17.3. The molecule has 0 aliphatic heterocycles. The van der Waals surface area contributed by atoms with E-state index in [1.165, 1.54) is 12.8 Å². The standard InChI is InChI=1S/C17H26N4O2/c1-2-9-19-17(23)21-14-7-3-12(4-8-14)10-16(22)20-11-15(18)13-5-6-13/h3-4,7-8,13,15H,2,5-6,9-11,18H2,1H3,(H,20,22)(H2,19,21,23). The van der Waals surface area contributed by atoms with Crippen LogP contribution in [0.5, 0.6) is 0 Å². The van der Waals surface area contributed by atoms with E-state index in [9.17, 15) is 9.59 Å². The number of carbonyl (C=O) groups excluding carboxylic acids is 2. The fourth-order valence-corrected chi connectivity index (χ4v) is 2.29. The van der Waals surface area contributed by atoms with Gasteiger partial charge in [0.1, 0.15) is 0 Å². The summed E-state index contributed by atoms with van der Waals surface area (Å²) in [4.78, 5) is 23.4. The number of amides is 3. The van der Waals surface area contributed by atoms with Crippen LogP contribution in [0, 0.1) is 5.92 Å². The van der Waals surface area contributed by atoms with Crippen LogP contribution in [0.3, 0.4) is 0 Å². The van der Waals surface area contributed by atoms with Gasteiger partial charge in [-0.1, -0.05) is 19.1 Å². The van der Waals surface area contributed by atoms with Gasteiger partial charge in [0.25, 0.3) is 0 Å². The van der Waals surface area contributed by atoms with Gasteiger partial charge in [-0.25, -0.2) is 4.79 Å². The van der Waals surface area contributed by atoms with E-state index in [-0.39, 0.29) is 18.0 Å². The van der Waals surface area contributed by atoms with Crippen molar-refractivity contribution < 1.29 is 9.59 Å². The van der Waals surface area contributed by atoms with Crippen molar-refractivity contribution in [1.29, 1.82) is 0 Å². The third-order valence-corrected chi connectivity index (χ3v) is 3.87. The van der Waals surface area contributed by atoms with Crippen LogP contribution in [-0.4, -0.2) is 31.1 Å². The molecular formula is C17H26N4O2. The molecular weight excluding hydrogens is 292 g/mol. The van der Waals surface area contributed by atoms with Crippen LogP contribution in [0.1, 0.15) is 31.7 Å². The first-order valence-electron chi connectivity index (χ1n) is 8.24. The average molecular weight is 318 g/mol. The van der Waals surface area contributed by atoms with E-state index in [0.29, 0.717) is 31.1 Å². The SMILES string of the molecule is CCCNC(=O)Nc1ccc(CC(=O)NCC(N)C2CC2)cc1. The zero-order valence-corrected chi connectivity index (χ0v) is 13.6. The van der Waals surface area contributed by atoms with E-state index in [0.717, 1.165) is 12.0 Å². The summed E-state index contributed by atoms with van der Waals surface area (Å²) in [7, 11) is 0. The average Bonchev–Trinajstić information content (AvgIpc) is 3.37. The van der Waals surface area contributed by atoms with Crippen LogP contribution < -0.4 is 21.7 Å². The molecule has 126 valence electrons. The summed E-state index contributed by atoms with van der Waals surface area (Å²) in [5, 5.41) is 8.37. The molecule has 0 radical (unpaired) electrons. The number of rotatable bonds is 8. The highest BCUT2D eigenvalue weighted by molar-refractivity contribution is 5.89. The smallest absolute Gasteiger partial charge is 0.319 e. The molecule has 1 aliphatic carbocycles. The molecule has 1 atom stereocenters. The number of anilines is 1. The van der Waals surface area contributed by atoms with E-state index in [1.54, 1.807) is 12.1 Å². The lowest BCUT2D eigenvalue weighted by Crippen LogP contribution is -2.39. The van der Waals surface area contributed by atoms with E-state index in [2.05, 4.69) is 16.0 Å². The summed E-state index contributed by atoms with van der Waals surface area (Å²) in [5.41, 5.74) is 7.57. The van der Waals surface area contributed by atoms with Crippen molar-refractivity contribution in [2.24, 2.45) is 11.7 Å². The maximum Gasteiger partial charge on any atom is 0.319 e. The van der Waals surface area contributed by atoms with Gasteiger partial charge in [-0.2, -0.15) is 0 Å². The van der Waals surface area contributed by atoms with Crippen molar-refractivity contribution in [2.45, 2.75) is 38.6 Å². The molecule has 0 aromatic heterocycles. The Morgan fingerprint density at radius 3 is 2.52 bits per heavy atom. The number of nitrogens with one attached hydrogen (secondary N) is 3. The molecule has 1 saturated carbocycles. The Balaban J connectivity index is 1.73. The molecule has 1 fully saturated rings. The van der Waals surface area contributed by atoms with Gasteiger partial charge in [0.15, 0.2) is 0 Å². The number of carbonyl (C=O) groups is 2. The van der Waals surface area contributed by atoms with Crippen molar-refractivity contribution in [1.82, 2.24) is 10.6 Å². The summed E-state index contributed by atoms with van der Waals surface area (Å²) >= 11 is 0. The summed E-state index contributed by atoms with van der Waals surface area (Å²) in [6, 6.07) is 7.14. The quantitative estimate of drug-likeness (QED) is 0.586. The maximum atomic E-state index is 11.9. The minimum absolute atomic E-state index is 0.0255. The van der Waals surface area contributed by atoms with E-state index >= 15 is 0 Å². The molecule has 3 amide bonds. The largest absolute Gasteiger partial charge is 0.354 e. The first-order chi connectivity index (χ1) is 11.1. The van der Waals surface area contributed by atoms with Gasteiger partial charge in [0.05, 0.1) is 6.42 Å². The van der Waals surface area contributed by atoms with Gasteiger partial charge < -0.3 is 21.7 Å². The molecule has 0 bridgehead atoms. The van der Waals surface area contributed by atoms with Crippen molar-refractivity contribution >= 4 is 17.6 Å². The highest BCUT2D eigenvalue weighted by atomic mass is 16.2. The Kier molecular flexibility index (Phi) is 6.40. The van der Waals surface area contributed by atoms with Crippen LogP contribution in [-0.2, 0) is 11.2 Å². The predicted octanol–water partition coefficient (Wildman–Crippen LogP) is 1.61. The highest BCUT2D eigenvalue weighted by Gasteiger charge is 2.28. The first-order valence-corrected chi connectivity index (χ1v) is 8.24. The molecule has 23 heavy (non-hydrogen) atoms. The topological polar surface area (TPSA) is 96.2 Å². The lowest BCUT2D eigenvalue weighted by atomic mass is 10.1. The van der Waals surface area contributed by atoms with Gasteiger partial charge in [-0.3, -0.25) is 4.79 Å². The second kappa shape index (κ2) is 8.53. The Morgan fingerprint density at radius 1 is 1.22 bits per heavy atom. The Labute approximate surface area is 137 Å².